The van der Waals surface area contributed by atoms with Crippen LogP contribution >= 0.6 is 0 Å². The molecule has 0 radical (unpaired) electrons. The van der Waals surface area contributed by atoms with Gasteiger partial charge in [0.1, 0.15) is 5.75 Å². The van der Waals surface area contributed by atoms with Gasteiger partial charge in [-0.05, 0) is 49.9 Å². The molecule has 1 aliphatic carbocycles. The average Bonchev–Trinajstić information content (AvgIpc) is 2.42. The Bertz CT molecular complexity index is 612. The molecule has 0 amide bonds. The molecule has 2 nitrogen and oxygen atoms in total. The molecular formula is C18H20O2. The number of phenols is 1. The molecular weight excluding hydrogens is 248 g/mol. The van der Waals surface area contributed by atoms with Gasteiger partial charge in [0.05, 0.1) is 0 Å². The van der Waals surface area contributed by atoms with Crippen LogP contribution in [-0.2, 0) is 11.2 Å². The maximum Gasteiger partial charge on any atom is 0.159 e. The van der Waals surface area contributed by atoms with Gasteiger partial charge >= 0.3 is 0 Å². The summed E-state index contributed by atoms with van der Waals surface area (Å²) in [6, 6.07) is 5.30. The molecule has 0 atom stereocenters. The van der Waals surface area contributed by atoms with Gasteiger partial charge in [-0.1, -0.05) is 25.2 Å². The molecule has 0 unspecified atom stereocenters. The zero-order valence-corrected chi connectivity index (χ0v) is 12.1. The number of Topliss-reactive ketones (excluding diaryl/α,β-unsaturated/α-hetero) is 1. The summed E-state index contributed by atoms with van der Waals surface area (Å²) in [6.07, 6.45) is 4.36. The molecule has 0 saturated heterocycles. The molecule has 1 N–H and O–H groups in total. The third kappa shape index (κ3) is 3.30. The quantitative estimate of drug-likeness (QED) is 0.829. The molecule has 0 aromatic heterocycles. The lowest BCUT2D eigenvalue weighted by molar-refractivity contribution is -0.116. The SMILES string of the molecule is CCCc1cc(O)ccc1C#CC1=C(C)C(=O)CCC1. The molecule has 0 spiro atoms. The Hall–Kier alpha value is -2.01. The van der Waals surface area contributed by atoms with E-state index in [1.54, 1.807) is 12.1 Å². The van der Waals surface area contributed by atoms with E-state index in [1.165, 1.54) is 0 Å². The summed E-state index contributed by atoms with van der Waals surface area (Å²) in [5.74, 6) is 6.84. The van der Waals surface area contributed by atoms with E-state index >= 15 is 0 Å². The first-order valence-corrected chi connectivity index (χ1v) is 7.18. The van der Waals surface area contributed by atoms with E-state index < -0.39 is 0 Å². The van der Waals surface area contributed by atoms with E-state index in [1.807, 2.05) is 13.0 Å². The third-order valence-electron chi connectivity index (χ3n) is 3.66. The fourth-order valence-electron chi connectivity index (χ4n) is 2.45. The van der Waals surface area contributed by atoms with Gasteiger partial charge in [0.25, 0.3) is 0 Å². The molecule has 0 bridgehead atoms. The van der Waals surface area contributed by atoms with Crippen molar-refractivity contribution in [3.05, 3.63) is 40.5 Å². The van der Waals surface area contributed by atoms with Crippen LogP contribution in [0.1, 0.15) is 50.7 Å². The summed E-state index contributed by atoms with van der Waals surface area (Å²) in [5.41, 5.74) is 3.81. The molecule has 2 rings (SSSR count). The van der Waals surface area contributed by atoms with Crippen molar-refractivity contribution in [1.29, 1.82) is 0 Å². The largest absolute Gasteiger partial charge is 0.508 e. The van der Waals surface area contributed by atoms with Crippen LogP contribution in [0.5, 0.6) is 5.75 Å². The number of hydrogen-bond donors (Lipinski definition) is 1. The number of aromatic hydroxyl groups is 1. The van der Waals surface area contributed by atoms with Gasteiger partial charge in [0, 0.05) is 23.1 Å². The fourth-order valence-corrected chi connectivity index (χ4v) is 2.45. The van der Waals surface area contributed by atoms with Gasteiger partial charge < -0.3 is 5.11 Å². The van der Waals surface area contributed by atoms with Crippen LogP contribution < -0.4 is 0 Å². The van der Waals surface area contributed by atoms with Crippen LogP contribution in [0.2, 0.25) is 0 Å². The summed E-state index contributed by atoms with van der Waals surface area (Å²) in [7, 11) is 0. The Morgan fingerprint density at radius 1 is 1.25 bits per heavy atom. The van der Waals surface area contributed by atoms with Crippen LogP contribution in [-0.4, -0.2) is 10.9 Å². The van der Waals surface area contributed by atoms with E-state index in [0.29, 0.717) is 6.42 Å². The van der Waals surface area contributed by atoms with Gasteiger partial charge in [-0.25, -0.2) is 0 Å². The maximum atomic E-state index is 11.7. The number of aryl methyl sites for hydroxylation is 1. The normalized spacial score (nSPS) is 15.0. The number of ketones is 1. The van der Waals surface area contributed by atoms with Crippen molar-refractivity contribution in [2.75, 3.05) is 0 Å². The molecule has 1 aromatic carbocycles. The summed E-state index contributed by atoms with van der Waals surface area (Å²) < 4.78 is 0. The molecule has 1 aliphatic rings. The number of carbonyl (C=O) groups excluding carboxylic acids is 1. The molecule has 1 aromatic rings. The monoisotopic (exact) mass is 268 g/mol. The van der Waals surface area contributed by atoms with Crippen LogP contribution in [0.4, 0.5) is 0 Å². The van der Waals surface area contributed by atoms with E-state index in [4.69, 9.17) is 0 Å². The molecule has 0 aliphatic heterocycles. The lowest BCUT2D eigenvalue weighted by Crippen LogP contribution is -2.08. The van der Waals surface area contributed by atoms with Crippen molar-refractivity contribution in [3.8, 4) is 17.6 Å². The Morgan fingerprint density at radius 3 is 2.80 bits per heavy atom. The molecule has 2 heteroatoms. The maximum absolute atomic E-state index is 11.7. The highest BCUT2D eigenvalue weighted by Gasteiger charge is 2.15. The Morgan fingerprint density at radius 2 is 2.05 bits per heavy atom. The van der Waals surface area contributed by atoms with Crippen molar-refractivity contribution < 1.29 is 9.90 Å². The van der Waals surface area contributed by atoms with Crippen molar-refractivity contribution in [3.63, 3.8) is 0 Å². The first-order chi connectivity index (χ1) is 9.61. The lowest BCUT2D eigenvalue weighted by atomic mass is 9.91. The Balaban J connectivity index is 2.33. The zero-order chi connectivity index (χ0) is 14.5. The second-order valence-electron chi connectivity index (χ2n) is 5.22. The van der Waals surface area contributed by atoms with Crippen LogP contribution in [0.25, 0.3) is 0 Å². The van der Waals surface area contributed by atoms with Crippen molar-refractivity contribution >= 4 is 5.78 Å². The van der Waals surface area contributed by atoms with Crippen molar-refractivity contribution in [2.24, 2.45) is 0 Å². The van der Waals surface area contributed by atoms with Crippen LogP contribution in [0, 0.1) is 11.8 Å². The predicted octanol–water partition coefficient (Wildman–Crippen LogP) is 3.77. The molecule has 0 heterocycles. The van der Waals surface area contributed by atoms with E-state index in [0.717, 1.165) is 48.0 Å². The highest BCUT2D eigenvalue weighted by atomic mass is 16.3. The zero-order valence-electron chi connectivity index (χ0n) is 12.1. The van der Waals surface area contributed by atoms with Gasteiger partial charge in [0.15, 0.2) is 5.78 Å². The van der Waals surface area contributed by atoms with Gasteiger partial charge in [-0.15, -0.1) is 0 Å². The summed E-state index contributed by atoms with van der Waals surface area (Å²) >= 11 is 0. The van der Waals surface area contributed by atoms with Crippen molar-refractivity contribution in [2.45, 2.75) is 46.0 Å². The molecule has 20 heavy (non-hydrogen) atoms. The van der Waals surface area contributed by atoms with Crippen LogP contribution in [0.3, 0.4) is 0 Å². The highest BCUT2D eigenvalue weighted by Crippen LogP contribution is 2.22. The highest BCUT2D eigenvalue weighted by molar-refractivity contribution is 5.97. The number of phenolic OH excluding ortho intramolecular Hbond substituents is 1. The second-order valence-corrected chi connectivity index (χ2v) is 5.22. The Labute approximate surface area is 120 Å². The minimum absolute atomic E-state index is 0.222. The van der Waals surface area contributed by atoms with Gasteiger partial charge in [-0.2, -0.15) is 0 Å². The van der Waals surface area contributed by atoms with Gasteiger partial charge in [0.2, 0.25) is 0 Å². The average molecular weight is 268 g/mol. The second kappa shape index (κ2) is 6.43. The molecule has 104 valence electrons. The topological polar surface area (TPSA) is 37.3 Å². The van der Waals surface area contributed by atoms with Crippen molar-refractivity contribution in [1.82, 2.24) is 0 Å². The fraction of sp³-hybridized carbons (Fsp3) is 0.389. The lowest BCUT2D eigenvalue weighted by Gasteiger charge is -2.11. The third-order valence-corrected chi connectivity index (χ3v) is 3.66. The standard InChI is InChI=1S/C18H20O2/c1-3-5-16-12-17(19)11-10-15(16)9-8-14-6-4-7-18(20)13(14)2/h10-12,19H,3-7H2,1-2H3. The summed E-state index contributed by atoms with van der Waals surface area (Å²) in [6.45, 7) is 3.98. The smallest absolute Gasteiger partial charge is 0.159 e. The molecule has 0 fully saturated rings. The number of benzene rings is 1. The summed E-state index contributed by atoms with van der Waals surface area (Å²) in [4.78, 5) is 11.7. The van der Waals surface area contributed by atoms with E-state index in [2.05, 4.69) is 18.8 Å². The number of carbonyl (C=O) groups is 1. The predicted molar refractivity (Wildman–Crippen MR) is 80.5 cm³/mol. The van der Waals surface area contributed by atoms with Gasteiger partial charge in [-0.3, -0.25) is 4.79 Å². The minimum atomic E-state index is 0.222. The van der Waals surface area contributed by atoms with E-state index in [-0.39, 0.29) is 11.5 Å². The minimum Gasteiger partial charge on any atom is -0.508 e. The van der Waals surface area contributed by atoms with Crippen LogP contribution in [0.15, 0.2) is 29.3 Å². The number of allylic oxidation sites excluding steroid dienone is 2. The first kappa shape index (κ1) is 14.4. The number of hydrogen-bond acceptors (Lipinski definition) is 2. The summed E-state index contributed by atoms with van der Waals surface area (Å²) in [5, 5.41) is 9.56. The van der Waals surface area contributed by atoms with E-state index in [9.17, 15) is 9.90 Å². The molecule has 0 saturated carbocycles. The Kier molecular flexibility index (Phi) is 4.63. The first-order valence-electron chi connectivity index (χ1n) is 7.18. The number of rotatable bonds is 2.